The van der Waals surface area contributed by atoms with Gasteiger partial charge in [-0.15, -0.1) is 0 Å². The van der Waals surface area contributed by atoms with Crippen LogP contribution in [0.1, 0.15) is 27.9 Å². The number of aryl methyl sites for hydroxylation is 1. The third kappa shape index (κ3) is 8.02. The molecule has 0 unspecified atom stereocenters. The number of morpholine rings is 1. The molecule has 0 radical (unpaired) electrons. The number of carbonyl (C=O) groups is 1. The average molecular weight is 507 g/mol. The topological polar surface area (TPSA) is 84.1 Å². The van der Waals surface area contributed by atoms with Crippen LogP contribution < -0.4 is 25.6 Å². The Balaban J connectivity index is 1.46. The number of ether oxygens (including phenoxy) is 3. The zero-order chi connectivity index (χ0) is 24.3. The second kappa shape index (κ2) is 13.3. The Morgan fingerprint density at radius 2 is 1.97 bits per heavy atom. The number of hydrazine groups is 1. The van der Waals surface area contributed by atoms with Crippen molar-refractivity contribution in [3.63, 3.8) is 0 Å². The highest BCUT2D eigenvalue weighted by molar-refractivity contribution is 7.80. The Kier molecular flexibility index (Phi) is 10.2. The first kappa shape index (κ1) is 26.0. The molecule has 184 valence electrons. The summed E-state index contributed by atoms with van der Waals surface area (Å²) >= 11 is 11.3. The minimum atomic E-state index is -0.316. The van der Waals surface area contributed by atoms with Crippen molar-refractivity contribution in [3.05, 3.63) is 58.1 Å². The lowest BCUT2D eigenvalue weighted by atomic mass is 10.1. The first-order valence-corrected chi connectivity index (χ1v) is 11.9. The predicted octanol–water partition coefficient (Wildman–Crippen LogP) is 3.07. The van der Waals surface area contributed by atoms with Gasteiger partial charge in [-0.3, -0.25) is 20.5 Å². The molecule has 3 rings (SSSR count). The van der Waals surface area contributed by atoms with Crippen LogP contribution in [0.15, 0.2) is 36.4 Å². The zero-order valence-electron chi connectivity index (χ0n) is 19.5. The SMILES string of the molecule is COc1ccc(C(=O)NNC(=S)NCCCN2CCOCC2)cc1COc1ccc(Cl)c(C)c1. The minimum Gasteiger partial charge on any atom is -0.496 e. The lowest BCUT2D eigenvalue weighted by Gasteiger charge is -2.26. The summed E-state index contributed by atoms with van der Waals surface area (Å²) in [4.78, 5) is 15.0. The van der Waals surface area contributed by atoms with Gasteiger partial charge < -0.3 is 19.5 Å². The maximum Gasteiger partial charge on any atom is 0.269 e. The van der Waals surface area contributed by atoms with Crippen molar-refractivity contribution in [2.45, 2.75) is 20.0 Å². The van der Waals surface area contributed by atoms with E-state index in [9.17, 15) is 4.79 Å². The van der Waals surface area contributed by atoms with E-state index in [0.717, 1.165) is 50.4 Å². The smallest absolute Gasteiger partial charge is 0.269 e. The molecule has 2 aromatic rings. The standard InChI is InChI=1S/C24H31ClN4O4S/c1-17-14-20(5-6-21(17)25)33-16-19-15-18(4-7-22(19)31-2)23(30)27-28-24(34)26-8-3-9-29-10-12-32-13-11-29/h4-7,14-15H,3,8-13,16H2,1-2H3,(H,27,30)(H2,26,28,34). The van der Waals surface area contributed by atoms with Crippen molar-refractivity contribution in [1.82, 2.24) is 21.1 Å². The van der Waals surface area contributed by atoms with Gasteiger partial charge in [0.05, 0.1) is 20.3 Å². The maximum atomic E-state index is 12.6. The Hall–Kier alpha value is -2.59. The molecule has 3 N–H and O–H groups in total. The van der Waals surface area contributed by atoms with Gasteiger partial charge in [0, 0.05) is 35.8 Å². The van der Waals surface area contributed by atoms with E-state index in [1.54, 1.807) is 37.4 Å². The molecule has 0 bridgehead atoms. The van der Waals surface area contributed by atoms with Gasteiger partial charge in [0.25, 0.3) is 5.91 Å². The first-order valence-electron chi connectivity index (χ1n) is 11.2. The quantitative estimate of drug-likeness (QED) is 0.272. The highest BCUT2D eigenvalue weighted by Gasteiger charge is 2.12. The summed E-state index contributed by atoms with van der Waals surface area (Å²) in [6.07, 6.45) is 0.949. The van der Waals surface area contributed by atoms with Gasteiger partial charge in [0.15, 0.2) is 5.11 Å². The van der Waals surface area contributed by atoms with Crippen LogP contribution in [0.3, 0.4) is 0 Å². The van der Waals surface area contributed by atoms with E-state index in [1.807, 2.05) is 13.0 Å². The maximum absolute atomic E-state index is 12.6. The number of nitrogens with zero attached hydrogens (tertiary/aromatic N) is 1. The molecule has 1 heterocycles. The molecule has 2 aromatic carbocycles. The highest BCUT2D eigenvalue weighted by Crippen LogP contribution is 2.25. The van der Waals surface area contributed by atoms with Crippen molar-refractivity contribution < 1.29 is 19.0 Å². The van der Waals surface area contributed by atoms with Gasteiger partial charge in [0.1, 0.15) is 18.1 Å². The van der Waals surface area contributed by atoms with E-state index >= 15 is 0 Å². The van der Waals surface area contributed by atoms with Gasteiger partial charge >= 0.3 is 0 Å². The summed E-state index contributed by atoms with van der Waals surface area (Å²) in [7, 11) is 1.58. The number of thiocarbonyl (C=S) groups is 1. The van der Waals surface area contributed by atoms with Crippen molar-refractivity contribution >= 4 is 34.8 Å². The van der Waals surface area contributed by atoms with E-state index in [4.69, 9.17) is 38.0 Å². The molecule has 1 aliphatic heterocycles. The zero-order valence-corrected chi connectivity index (χ0v) is 21.1. The number of hydrogen-bond donors (Lipinski definition) is 3. The number of methoxy groups -OCH3 is 1. The Labute approximate surface area is 210 Å². The van der Waals surface area contributed by atoms with Gasteiger partial charge in [-0.25, -0.2) is 0 Å². The number of carbonyl (C=O) groups excluding carboxylic acids is 1. The monoisotopic (exact) mass is 506 g/mol. The Morgan fingerprint density at radius 3 is 2.71 bits per heavy atom. The molecule has 34 heavy (non-hydrogen) atoms. The molecule has 1 fully saturated rings. The summed E-state index contributed by atoms with van der Waals surface area (Å²) in [6, 6.07) is 10.6. The summed E-state index contributed by atoms with van der Waals surface area (Å²) < 4.78 is 16.6. The number of hydrogen-bond acceptors (Lipinski definition) is 6. The minimum absolute atomic E-state index is 0.238. The van der Waals surface area contributed by atoms with E-state index in [0.29, 0.717) is 33.7 Å². The molecule has 10 heteroatoms. The molecule has 8 nitrogen and oxygen atoms in total. The molecule has 1 aliphatic rings. The molecule has 0 spiro atoms. The van der Waals surface area contributed by atoms with Gasteiger partial charge in [-0.05, 0) is 74.1 Å². The van der Waals surface area contributed by atoms with Crippen molar-refractivity contribution in [2.24, 2.45) is 0 Å². The summed E-state index contributed by atoms with van der Waals surface area (Å²) in [6.45, 7) is 7.36. The normalized spacial score (nSPS) is 13.7. The molecule has 0 saturated carbocycles. The van der Waals surface area contributed by atoms with E-state index in [-0.39, 0.29) is 12.5 Å². The van der Waals surface area contributed by atoms with E-state index in [2.05, 4.69) is 21.1 Å². The predicted molar refractivity (Wildman–Crippen MR) is 137 cm³/mol. The van der Waals surface area contributed by atoms with Crippen LogP contribution in [0.2, 0.25) is 5.02 Å². The van der Waals surface area contributed by atoms with E-state index < -0.39 is 0 Å². The summed E-state index contributed by atoms with van der Waals surface area (Å²) in [5, 5.41) is 4.15. The van der Waals surface area contributed by atoms with Gasteiger partial charge in [-0.2, -0.15) is 0 Å². The molecular formula is C24H31ClN4O4S. The summed E-state index contributed by atoms with van der Waals surface area (Å²) in [5.74, 6) is 1.00. The molecular weight excluding hydrogens is 476 g/mol. The van der Waals surface area contributed by atoms with Crippen LogP contribution in [0.25, 0.3) is 0 Å². The molecule has 1 amide bonds. The fourth-order valence-corrected chi connectivity index (χ4v) is 3.73. The van der Waals surface area contributed by atoms with Crippen LogP contribution >= 0.6 is 23.8 Å². The lowest BCUT2D eigenvalue weighted by molar-refractivity contribution is 0.0376. The molecule has 0 aromatic heterocycles. The number of benzene rings is 2. The Morgan fingerprint density at radius 1 is 1.18 bits per heavy atom. The van der Waals surface area contributed by atoms with Crippen molar-refractivity contribution in [1.29, 1.82) is 0 Å². The van der Waals surface area contributed by atoms with Gasteiger partial charge in [-0.1, -0.05) is 11.6 Å². The van der Waals surface area contributed by atoms with Crippen molar-refractivity contribution in [3.8, 4) is 11.5 Å². The lowest BCUT2D eigenvalue weighted by Crippen LogP contribution is -2.47. The van der Waals surface area contributed by atoms with Crippen LogP contribution in [0.4, 0.5) is 0 Å². The van der Waals surface area contributed by atoms with Crippen LogP contribution in [-0.4, -0.2) is 62.4 Å². The Bertz CT molecular complexity index is 985. The fraction of sp³-hybridized carbons (Fsp3) is 0.417. The third-order valence-electron chi connectivity index (χ3n) is 5.40. The number of amides is 1. The molecule has 1 saturated heterocycles. The largest absolute Gasteiger partial charge is 0.496 e. The summed E-state index contributed by atoms with van der Waals surface area (Å²) in [5.41, 5.74) is 7.50. The molecule has 0 atom stereocenters. The molecule has 0 aliphatic carbocycles. The van der Waals surface area contributed by atoms with Crippen LogP contribution in [0.5, 0.6) is 11.5 Å². The van der Waals surface area contributed by atoms with Crippen LogP contribution in [-0.2, 0) is 11.3 Å². The number of halogens is 1. The average Bonchev–Trinajstić information content (AvgIpc) is 2.86. The van der Waals surface area contributed by atoms with Crippen molar-refractivity contribution in [2.75, 3.05) is 46.5 Å². The fourth-order valence-electron chi connectivity index (χ4n) is 3.46. The van der Waals surface area contributed by atoms with Crippen LogP contribution in [0, 0.1) is 6.92 Å². The number of rotatable bonds is 9. The highest BCUT2D eigenvalue weighted by atomic mass is 35.5. The second-order valence-electron chi connectivity index (χ2n) is 7.87. The van der Waals surface area contributed by atoms with E-state index in [1.165, 1.54) is 0 Å². The second-order valence-corrected chi connectivity index (χ2v) is 8.68. The first-order chi connectivity index (χ1) is 16.5. The number of nitrogens with one attached hydrogen (secondary N) is 3. The third-order valence-corrected chi connectivity index (χ3v) is 6.07. The van der Waals surface area contributed by atoms with Gasteiger partial charge in [0.2, 0.25) is 0 Å².